The van der Waals surface area contributed by atoms with E-state index in [4.69, 9.17) is 11.6 Å². The molecule has 0 atom stereocenters. The van der Waals surface area contributed by atoms with E-state index < -0.39 is 0 Å². The Hall–Kier alpha value is -0.900. The largest absolute Gasteiger partial charge is 0.309 e. The molecule has 0 bridgehead atoms. The normalized spacial score (nSPS) is 10.7. The SMILES string of the molecule is Fc1ccc(CNCc2ccc(CCl)cc2)cc1Br. The summed E-state index contributed by atoms with van der Waals surface area (Å²) in [5.74, 6) is 0.303. The molecule has 1 N–H and O–H groups in total. The third-order valence-corrected chi connectivity index (χ3v) is 3.74. The van der Waals surface area contributed by atoms with Crippen molar-refractivity contribution in [1.82, 2.24) is 5.32 Å². The Morgan fingerprint density at radius 1 is 0.947 bits per heavy atom. The first-order chi connectivity index (χ1) is 9.19. The highest BCUT2D eigenvalue weighted by Gasteiger charge is 2.00. The molecule has 0 fully saturated rings. The van der Waals surface area contributed by atoms with Crippen molar-refractivity contribution in [1.29, 1.82) is 0 Å². The second-order valence-electron chi connectivity index (χ2n) is 4.30. The van der Waals surface area contributed by atoms with E-state index >= 15 is 0 Å². The number of hydrogen-bond donors (Lipinski definition) is 1. The van der Waals surface area contributed by atoms with Crippen LogP contribution >= 0.6 is 27.5 Å². The molecule has 0 aliphatic carbocycles. The number of rotatable bonds is 5. The summed E-state index contributed by atoms with van der Waals surface area (Å²) in [5, 5.41) is 3.33. The third-order valence-electron chi connectivity index (χ3n) is 2.82. The van der Waals surface area contributed by atoms with Gasteiger partial charge in [-0.1, -0.05) is 30.3 Å². The molecule has 4 heteroatoms. The van der Waals surface area contributed by atoms with Gasteiger partial charge in [0.15, 0.2) is 0 Å². The van der Waals surface area contributed by atoms with Gasteiger partial charge >= 0.3 is 0 Å². The summed E-state index contributed by atoms with van der Waals surface area (Å²) in [6.07, 6.45) is 0. The van der Waals surface area contributed by atoms with Crippen LogP contribution in [0.5, 0.6) is 0 Å². The van der Waals surface area contributed by atoms with Gasteiger partial charge < -0.3 is 5.32 Å². The predicted octanol–water partition coefficient (Wildman–Crippen LogP) is 4.62. The van der Waals surface area contributed by atoms with Gasteiger partial charge in [0.05, 0.1) is 4.47 Å². The molecule has 0 unspecified atom stereocenters. The van der Waals surface area contributed by atoms with Crippen LogP contribution in [-0.2, 0) is 19.0 Å². The van der Waals surface area contributed by atoms with Crippen molar-refractivity contribution in [2.75, 3.05) is 0 Å². The highest BCUT2D eigenvalue weighted by Crippen LogP contribution is 2.16. The molecule has 0 amide bonds. The van der Waals surface area contributed by atoms with Crippen molar-refractivity contribution in [2.45, 2.75) is 19.0 Å². The van der Waals surface area contributed by atoms with E-state index in [1.165, 1.54) is 11.6 Å². The van der Waals surface area contributed by atoms with Crippen LogP contribution in [0.2, 0.25) is 0 Å². The average Bonchev–Trinajstić information content (AvgIpc) is 2.43. The Kier molecular flexibility index (Phi) is 5.37. The molecule has 0 aliphatic heterocycles. The van der Waals surface area contributed by atoms with Gasteiger partial charge in [0.25, 0.3) is 0 Å². The zero-order valence-corrected chi connectivity index (χ0v) is 12.6. The van der Waals surface area contributed by atoms with Crippen LogP contribution in [0.25, 0.3) is 0 Å². The minimum absolute atomic E-state index is 0.236. The number of benzene rings is 2. The Bertz CT molecular complexity index is 542. The van der Waals surface area contributed by atoms with Gasteiger partial charge in [-0.15, -0.1) is 11.6 Å². The van der Waals surface area contributed by atoms with Gasteiger partial charge in [-0.05, 0) is 44.8 Å². The van der Waals surface area contributed by atoms with Crippen molar-refractivity contribution in [3.63, 3.8) is 0 Å². The minimum Gasteiger partial charge on any atom is -0.309 e. The zero-order chi connectivity index (χ0) is 13.7. The zero-order valence-electron chi connectivity index (χ0n) is 10.3. The van der Waals surface area contributed by atoms with Gasteiger partial charge in [-0.25, -0.2) is 4.39 Å². The van der Waals surface area contributed by atoms with Crippen molar-refractivity contribution in [3.05, 3.63) is 69.4 Å². The van der Waals surface area contributed by atoms with Crippen LogP contribution in [-0.4, -0.2) is 0 Å². The standard InChI is InChI=1S/C15H14BrClFN/c16-14-7-13(5-6-15(14)18)10-19-9-12-3-1-11(8-17)2-4-12/h1-7,19H,8-10H2. The fourth-order valence-electron chi connectivity index (χ4n) is 1.75. The topological polar surface area (TPSA) is 12.0 Å². The molecule has 0 aliphatic rings. The van der Waals surface area contributed by atoms with Crippen LogP contribution in [0.3, 0.4) is 0 Å². The number of alkyl halides is 1. The Morgan fingerprint density at radius 2 is 1.53 bits per heavy atom. The van der Waals surface area contributed by atoms with Gasteiger partial charge in [-0.2, -0.15) is 0 Å². The van der Waals surface area contributed by atoms with E-state index in [9.17, 15) is 4.39 Å². The van der Waals surface area contributed by atoms with Crippen molar-refractivity contribution < 1.29 is 4.39 Å². The Morgan fingerprint density at radius 3 is 2.16 bits per heavy atom. The first-order valence-corrected chi connectivity index (χ1v) is 7.30. The highest BCUT2D eigenvalue weighted by atomic mass is 79.9. The maximum Gasteiger partial charge on any atom is 0.137 e. The lowest BCUT2D eigenvalue weighted by Crippen LogP contribution is -2.12. The predicted molar refractivity (Wildman–Crippen MR) is 80.6 cm³/mol. The summed E-state index contributed by atoms with van der Waals surface area (Å²) in [4.78, 5) is 0. The molecule has 2 aromatic carbocycles. The second kappa shape index (κ2) is 7.04. The van der Waals surface area contributed by atoms with E-state index in [1.807, 2.05) is 12.1 Å². The number of nitrogens with one attached hydrogen (secondary N) is 1. The van der Waals surface area contributed by atoms with E-state index in [0.717, 1.165) is 17.7 Å². The average molecular weight is 343 g/mol. The number of hydrogen-bond acceptors (Lipinski definition) is 1. The molecule has 0 heterocycles. The van der Waals surface area contributed by atoms with Crippen molar-refractivity contribution in [2.24, 2.45) is 0 Å². The van der Waals surface area contributed by atoms with Crippen LogP contribution in [0, 0.1) is 5.82 Å². The quantitative estimate of drug-likeness (QED) is 0.782. The van der Waals surface area contributed by atoms with Gasteiger partial charge in [-0.3, -0.25) is 0 Å². The summed E-state index contributed by atoms with van der Waals surface area (Å²) >= 11 is 8.92. The molecular formula is C15H14BrClFN. The molecule has 0 saturated carbocycles. The molecular weight excluding hydrogens is 329 g/mol. The lowest BCUT2D eigenvalue weighted by molar-refractivity contribution is 0.618. The summed E-state index contributed by atoms with van der Waals surface area (Å²) in [5.41, 5.74) is 3.37. The Labute approximate surface area is 125 Å². The molecule has 2 rings (SSSR count). The monoisotopic (exact) mass is 341 g/mol. The molecule has 0 radical (unpaired) electrons. The maximum atomic E-state index is 13.1. The first-order valence-electron chi connectivity index (χ1n) is 5.97. The summed E-state index contributed by atoms with van der Waals surface area (Å²) in [6.45, 7) is 1.48. The minimum atomic E-state index is -0.236. The molecule has 0 aromatic heterocycles. The van der Waals surface area contributed by atoms with E-state index in [-0.39, 0.29) is 5.82 Å². The Balaban J connectivity index is 1.86. The fraction of sp³-hybridized carbons (Fsp3) is 0.200. The van der Waals surface area contributed by atoms with Crippen LogP contribution in [0.4, 0.5) is 4.39 Å². The fourth-order valence-corrected chi connectivity index (χ4v) is 2.35. The van der Waals surface area contributed by atoms with E-state index in [2.05, 4.69) is 33.4 Å². The highest BCUT2D eigenvalue weighted by molar-refractivity contribution is 9.10. The van der Waals surface area contributed by atoms with Crippen LogP contribution in [0.15, 0.2) is 46.9 Å². The molecule has 0 saturated heterocycles. The summed E-state index contributed by atoms with van der Waals surface area (Å²) < 4.78 is 13.6. The molecule has 2 aromatic rings. The van der Waals surface area contributed by atoms with Crippen LogP contribution in [0.1, 0.15) is 16.7 Å². The van der Waals surface area contributed by atoms with Gasteiger partial charge in [0, 0.05) is 19.0 Å². The lowest BCUT2D eigenvalue weighted by atomic mass is 10.1. The number of halogens is 3. The lowest BCUT2D eigenvalue weighted by Gasteiger charge is -2.06. The van der Waals surface area contributed by atoms with E-state index in [1.54, 1.807) is 12.1 Å². The van der Waals surface area contributed by atoms with Gasteiger partial charge in [0.2, 0.25) is 0 Å². The summed E-state index contributed by atoms with van der Waals surface area (Å²) in [6, 6.07) is 13.2. The second-order valence-corrected chi connectivity index (χ2v) is 5.42. The smallest absolute Gasteiger partial charge is 0.137 e. The summed E-state index contributed by atoms with van der Waals surface area (Å²) in [7, 11) is 0. The maximum absolute atomic E-state index is 13.1. The van der Waals surface area contributed by atoms with E-state index in [0.29, 0.717) is 16.9 Å². The molecule has 1 nitrogen and oxygen atoms in total. The van der Waals surface area contributed by atoms with Gasteiger partial charge in [0.1, 0.15) is 5.82 Å². The van der Waals surface area contributed by atoms with Crippen molar-refractivity contribution in [3.8, 4) is 0 Å². The van der Waals surface area contributed by atoms with Crippen LogP contribution < -0.4 is 5.32 Å². The van der Waals surface area contributed by atoms with Crippen molar-refractivity contribution >= 4 is 27.5 Å². The first kappa shape index (κ1) is 14.5. The molecule has 100 valence electrons. The molecule has 19 heavy (non-hydrogen) atoms. The third kappa shape index (κ3) is 4.30. The molecule has 0 spiro atoms.